The zero-order chi connectivity index (χ0) is 51.0. The van der Waals surface area contributed by atoms with Gasteiger partial charge in [0, 0.05) is 49.6 Å². The van der Waals surface area contributed by atoms with Crippen LogP contribution in [-0.2, 0) is 75.2 Å². The van der Waals surface area contributed by atoms with Gasteiger partial charge in [0.15, 0.2) is 6.10 Å². The third-order valence-corrected chi connectivity index (χ3v) is 12.7. The minimum Gasteiger partial charge on any atom is -0.480 e. The fraction of sp³-hybridized carbons (Fsp3) is 0.236. The van der Waals surface area contributed by atoms with Gasteiger partial charge in [0.05, 0.1) is 6.42 Å². The van der Waals surface area contributed by atoms with E-state index in [4.69, 9.17) is 4.74 Å². The van der Waals surface area contributed by atoms with Crippen molar-refractivity contribution < 1.29 is 48.2 Å². The first kappa shape index (κ1) is 51.4. The number of hydrogen-bond acceptors (Lipinski definition) is 10. The molecule has 8 rings (SSSR count). The maximum absolute atomic E-state index is 14.8. The highest BCUT2D eigenvalue weighted by Gasteiger charge is 2.35. The molecule has 1 aromatic heterocycles. The molecule has 0 radical (unpaired) electrons. The Bertz CT molecular complexity index is 2830. The minimum absolute atomic E-state index is 0.0112. The van der Waals surface area contributed by atoms with Crippen LogP contribution in [0.5, 0.6) is 0 Å². The summed E-state index contributed by atoms with van der Waals surface area (Å²) in [5, 5.41) is 28.4. The Morgan fingerprint density at radius 2 is 1.14 bits per heavy atom. The van der Waals surface area contributed by atoms with E-state index in [2.05, 4.69) is 31.9 Å². The van der Waals surface area contributed by atoms with Crippen LogP contribution in [0.4, 0.5) is 5.69 Å². The molecule has 16 nitrogen and oxygen atoms in total. The van der Waals surface area contributed by atoms with Crippen LogP contribution in [0.15, 0.2) is 157 Å². The van der Waals surface area contributed by atoms with Gasteiger partial charge in [0.25, 0.3) is 5.91 Å². The Balaban J connectivity index is 1.27. The van der Waals surface area contributed by atoms with Gasteiger partial charge in [-0.2, -0.15) is 0 Å². The maximum Gasteiger partial charge on any atom is 0.326 e. The molecule has 0 spiro atoms. The number of esters is 1. The molecule has 5 aromatic carbocycles. The summed E-state index contributed by atoms with van der Waals surface area (Å²) in [7, 11) is 0. The van der Waals surface area contributed by atoms with E-state index in [1.807, 2.05) is 54.6 Å². The normalized spacial score (nSPS) is 19.5. The highest BCUT2D eigenvalue weighted by molar-refractivity contribution is 7.09. The molecule has 0 fully saturated rings. The predicted octanol–water partition coefficient (Wildman–Crippen LogP) is 4.71. The Kier molecular flexibility index (Phi) is 17.8. The van der Waals surface area contributed by atoms with Gasteiger partial charge in [-0.3, -0.25) is 33.6 Å². The van der Waals surface area contributed by atoms with E-state index in [-0.39, 0.29) is 37.8 Å². The first-order valence-corrected chi connectivity index (χ1v) is 24.2. The molecule has 0 saturated heterocycles. The number of hydrogen-bond donors (Lipinski definition) is 7. The Labute approximate surface area is 420 Å². The van der Waals surface area contributed by atoms with Gasteiger partial charge in [-0.1, -0.05) is 133 Å². The van der Waals surface area contributed by atoms with Crippen molar-refractivity contribution in [2.45, 2.75) is 81.8 Å². The molecule has 370 valence electrons. The van der Waals surface area contributed by atoms with Gasteiger partial charge >= 0.3 is 11.9 Å². The van der Waals surface area contributed by atoms with Crippen molar-refractivity contribution >= 4 is 64.4 Å². The summed E-state index contributed by atoms with van der Waals surface area (Å²) in [6.07, 6.45) is -2.66. The number of aliphatic carboxylic acids is 1. The van der Waals surface area contributed by atoms with Crippen molar-refractivity contribution in [3.05, 3.63) is 184 Å². The van der Waals surface area contributed by atoms with E-state index >= 15 is 0 Å². The summed E-state index contributed by atoms with van der Waals surface area (Å²) < 4.78 is 5.30. The summed E-state index contributed by atoms with van der Waals surface area (Å²) in [5.41, 5.74) is 4.51. The maximum atomic E-state index is 14.8. The van der Waals surface area contributed by atoms with Crippen LogP contribution in [0, 0.1) is 0 Å². The zero-order valence-electron chi connectivity index (χ0n) is 39.2. The molecule has 0 aliphatic carbocycles. The molecule has 17 heteroatoms. The first-order chi connectivity index (χ1) is 34.8. The Morgan fingerprint density at radius 1 is 0.597 bits per heavy atom. The average molecular weight is 991 g/mol. The second kappa shape index (κ2) is 24.9. The van der Waals surface area contributed by atoms with Crippen molar-refractivity contribution in [1.82, 2.24) is 26.6 Å². The van der Waals surface area contributed by atoms with E-state index in [1.165, 1.54) is 23.5 Å². The number of rotatable bonds is 13. The van der Waals surface area contributed by atoms with Crippen LogP contribution in [0.25, 0.3) is 11.1 Å². The molecule has 6 amide bonds. The fourth-order valence-corrected chi connectivity index (χ4v) is 8.90. The quantitative estimate of drug-likeness (QED) is 0.0622. The molecule has 6 aromatic rings. The van der Waals surface area contributed by atoms with Crippen molar-refractivity contribution in [2.75, 3.05) is 5.32 Å². The van der Waals surface area contributed by atoms with Crippen LogP contribution >= 0.6 is 11.3 Å². The lowest BCUT2D eigenvalue weighted by molar-refractivity contribution is -0.153. The van der Waals surface area contributed by atoms with Crippen LogP contribution in [0.3, 0.4) is 0 Å². The molecule has 0 unspecified atom stereocenters. The van der Waals surface area contributed by atoms with Gasteiger partial charge in [0.1, 0.15) is 30.2 Å². The highest BCUT2D eigenvalue weighted by Crippen LogP contribution is 2.21. The second-order valence-electron chi connectivity index (χ2n) is 17.3. The molecule has 6 atom stereocenters. The Hall–Kier alpha value is -8.44. The number of carboxylic acid groups (broad SMARTS) is 1. The van der Waals surface area contributed by atoms with E-state index in [1.54, 1.807) is 90.3 Å². The summed E-state index contributed by atoms with van der Waals surface area (Å²) in [4.78, 5) is 111. The number of nitrogens with one attached hydrogen (secondary N) is 6. The fourth-order valence-electron chi connectivity index (χ4n) is 8.15. The monoisotopic (exact) mass is 990 g/mol. The number of benzene rings is 5. The van der Waals surface area contributed by atoms with Crippen molar-refractivity contribution in [1.29, 1.82) is 0 Å². The largest absolute Gasteiger partial charge is 0.480 e. The number of carbonyl (C=O) groups is 8. The third-order valence-electron chi connectivity index (χ3n) is 11.8. The van der Waals surface area contributed by atoms with Gasteiger partial charge in [0.2, 0.25) is 29.5 Å². The molecule has 2 aliphatic heterocycles. The van der Waals surface area contributed by atoms with Gasteiger partial charge < -0.3 is 41.7 Å². The summed E-state index contributed by atoms with van der Waals surface area (Å²) >= 11 is 1.33. The van der Waals surface area contributed by atoms with E-state index in [9.17, 15) is 43.5 Å². The lowest BCUT2D eigenvalue weighted by Crippen LogP contribution is -2.60. The number of anilines is 1. The molecule has 0 saturated carbocycles. The predicted molar refractivity (Wildman–Crippen MR) is 270 cm³/mol. The number of amides is 6. The van der Waals surface area contributed by atoms with E-state index < -0.39 is 90.1 Å². The van der Waals surface area contributed by atoms with Gasteiger partial charge in [-0.25, -0.2) is 4.79 Å². The molecule has 2 bridgehead atoms. The molecular weight excluding hydrogens is 937 g/mol. The average Bonchev–Trinajstić information content (AvgIpc) is 3.89. The number of fused-ring (bicyclic) bond motifs is 18. The number of carbonyl (C=O) groups excluding carboxylic acids is 7. The van der Waals surface area contributed by atoms with Crippen molar-refractivity contribution in [2.24, 2.45) is 0 Å². The number of carboxylic acids is 1. The summed E-state index contributed by atoms with van der Waals surface area (Å²) in [6, 6.07) is 37.5. The topological polar surface area (TPSA) is 238 Å². The van der Waals surface area contributed by atoms with Crippen molar-refractivity contribution in [3.8, 4) is 11.1 Å². The number of thiophene rings is 1. The second-order valence-corrected chi connectivity index (χ2v) is 18.4. The summed E-state index contributed by atoms with van der Waals surface area (Å²) in [6.45, 7) is 1.09. The zero-order valence-corrected chi connectivity index (χ0v) is 40.1. The van der Waals surface area contributed by atoms with E-state index in [0.717, 1.165) is 18.1 Å². The molecule has 3 heterocycles. The Morgan fingerprint density at radius 3 is 1.71 bits per heavy atom. The first-order valence-electron chi connectivity index (χ1n) is 23.3. The number of ether oxygens (including phenoxy) is 1. The van der Waals surface area contributed by atoms with E-state index in [0.29, 0.717) is 27.1 Å². The van der Waals surface area contributed by atoms with Crippen LogP contribution in [0.1, 0.15) is 40.5 Å². The van der Waals surface area contributed by atoms with Crippen LogP contribution in [-0.4, -0.2) is 88.8 Å². The van der Waals surface area contributed by atoms with Crippen LogP contribution < -0.4 is 31.9 Å². The molecule has 7 N–H and O–H groups in total. The molecule has 72 heavy (non-hydrogen) atoms. The lowest BCUT2D eigenvalue weighted by Gasteiger charge is -2.27. The SMILES string of the molecule is CC(=O)O[C@@H]1CC(=O)N[C@@H](Cc2cccs2)C(=O)N[C@H](Cc2ccc(-c3ccccc3)cc2)C(=O)N[C@@H](Cc2ccccc2)C(=O)N[C@@H](C(=O)N[C@@H](Cc2ccccc2)C(=O)O)Cc2ccc(cc2)NC1=O. The lowest BCUT2D eigenvalue weighted by atomic mass is 9.98. The molecule has 2 aliphatic rings. The third kappa shape index (κ3) is 15.0. The van der Waals surface area contributed by atoms with Crippen LogP contribution in [0.2, 0.25) is 0 Å². The van der Waals surface area contributed by atoms with Crippen molar-refractivity contribution in [3.63, 3.8) is 0 Å². The van der Waals surface area contributed by atoms with Gasteiger partial charge in [-0.05, 0) is 57.0 Å². The molecular formula is C55H54N6O10S. The summed E-state index contributed by atoms with van der Waals surface area (Å²) in [5.74, 6) is -6.93. The minimum atomic E-state index is -1.62. The highest BCUT2D eigenvalue weighted by atomic mass is 32.1. The van der Waals surface area contributed by atoms with Gasteiger partial charge in [-0.15, -0.1) is 11.3 Å². The smallest absolute Gasteiger partial charge is 0.326 e. The standard InChI is InChI=1S/C55H54N6O10S/c1-34(62)71-48-33-49(63)57-46(32-42-18-11-27-72-42)53(67)60-44(29-37-19-23-40(24-20-37)39-16-9-4-10-17-39)51(65)58-43(28-35-12-5-2-6-13-35)50(64)59-45(30-38-21-25-41(26-22-38)56-54(48)68)52(66)61-47(55(69)70)31-36-14-7-3-8-15-36/h2-27,43-48H,28-33H2,1H3,(H,56,68)(H,57,63)(H,58,65)(H,59,64)(H,60,67)(H,61,66)(H,69,70)/t43-,44+,45+,46-,47-,48+/m0/s1.